The first-order chi connectivity index (χ1) is 24.7. The molecule has 0 aromatic heterocycles. The zero-order valence-electron chi connectivity index (χ0n) is 32.7. The summed E-state index contributed by atoms with van der Waals surface area (Å²) < 4.78 is 24.3. The predicted octanol–water partition coefficient (Wildman–Crippen LogP) is 3.52. The summed E-state index contributed by atoms with van der Waals surface area (Å²) in [7, 11) is 0. The van der Waals surface area contributed by atoms with Crippen LogP contribution in [0.5, 0.6) is 0 Å². The van der Waals surface area contributed by atoms with Gasteiger partial charge < -0.3 is 54.7 Å². The van der Waals surface area contributed by atoms with Crippen molar-refractivity contribution in [2.45, 2.75) is 174 Å². The Morgan fingerprint density at radius 2 is 1.53 bits per heavy atom. The SMILES string of the molecule is C[C@H]1O[C@@H](O[C@H]2[C@H](O[C@H]3CC[C@@]4(C)C(CC[C@]5(C)C4CC=C4C6CC(C)(C)CC[C@]6(C(=O)O)CCC45C)[C@@]3(C)CO)OC[C@@H](O)[C@H]2O)[C@H](O)[C@H](O)[C@H]1O. The fraction of sp³-hybridized carbons (Fsp3) is 0.927. The predicted molar refractivity (Wildman–Crippen MR) is 192 cm³/mol. The van der Waals surface area contributed by atoms with Gasteiger partial charge in [-0.1, -0.05) is 53.2 Å². The van der Waals surface area contributed by atoms with Crippen molar-refractivity contribution in [2.75, 3.05) is 13.2 Å². The highest BCUT2D eigenvalue weighted by atomic mass is 16.8. The maximum absolute atomic E-state index is 13.0. The van der Waals surface area contributed by atoms with Crippen molar-refractivity contribution < 1.29 is 59.5 Å². The summed E-state index contributed by atoms with van der Waals surface area (Å²) in [6, 6.07) is 0. The number of rotatable bonds is 6. The minimum Gasteiger partial charge on any atom is -0.481 e. The summed E-state index contributed by atoms with van der Waals surface area (Å²) in [6.07, 6.45) is -1.79. The molecule has 53 heavy (non-hydrogen) atoms. The molecular weight excluding hydrogens is 684 g/mol. The first-order valence-electron chi connectivity index (χ1n) is 20.2. The molecule has 12 nitrogen and oxygen atoms in total. The second-order valence-corrected chi connectivity index (χ2v) is 20.0. The first kappa shape index (κ1) is 40.0. The first-order valence-corrected chi connectivity index (χ1v) is 20.2. The van der Waals surface area contributed by atoms with Crippen molar-refractivity contribution >= 4 is 5.97 Å². The van der Waals surface area contributed by atoms with Crippen LogP contribution in [-0.4, -0.2) is 116 Å². The molecule has 0 aromatic rings. The van der Waals surface area contributed by atoms with E-state index >= 15 is 0 Å². The lowest BCUT2D eigenvalue weighted by molar-refractivity contribution is -0.365. The maximum Gasteiger partial charge on any atom is 0.310 e. The smallest absolute Gasteiger partial charge is 0.310 e. The molecule has 302 valence electrons. The van der Waals surface area contributed by atoms with Crippen molar-refractivity contribution in [1.29, 1.82) is 0 Å². The Bertz CT molecular complexity index is 1440. The van der Waals surface area contributed by atoms with Crippen LogP contribution in [0.1, 0.15) is 113 Å². The summed E-state index contributed by atoms with van der Waals surface area (Å²) >= 11 is 0. The van der Waals surface area contributed by atoms with Crippen molar-refractivity contribution in [3.8, 4) is 0 Å². The van der Waals surface area contributed by atoms with E-state index < -0.39 is 78.2 Å². The van der Waals surface area contributed by atoms with E-state index in [4.69, 9.17) is 18.9 Å². The molecule has 6 fully saturated rings. The average molecular weight is 751 g/mol. The third kappa shape index (κ3) is 5.85. The van der Waals surface area contributed by atoms with Gasteiger partial charge in [0.2, 0.25) is 0 Å². The standard InChI is InChI=1S/C41H66O12/c1-21-28(44)30(46)31(47)33(51-21)53-32-29(45)24(43)19-50-34(32)52-27-11-12-37(4)25(38(27,5)20-42)10-13-40(7)26(37)9-8-22-23-18-36(2,3)14-16-41(23,35(48)49)17-15-39(22,40)6/h8,21,23-34,42-47H,9-20H2,1-7H3,(H,48,49)/t21-,23?,24-,25?,26?,27+,28+,29-,30-,31-,32-,33+,34+,37+,38-,39?,40-,41+/m1/s1. The second kappa shape index (κ2) is 13.5. The third-order valence-corrected chi connectivity index (χ3v) is 17.0. The molecular formula is C41H66O12. The van der Waals surface area contributed by atoms with Crippen molar-refractivity contribution in [3.63, 3.8) is 0 Å². The van der Waals surface area contributed by atoms with Gasteiger partial charge in [-0.3, -0.25) is 4.79 Å². The molecule has 2 aliphatic heterocycles. The van der Waals surface area contributed by atoms with Gasteiger partial charge in [0.1, 0.15) is 36.6 Å². The van der Waals surface area contributed by atoms with Gasteiger partial charge in [-0.15, -0.1) is 0 Å². The Morgan fingerprint density at radius 1 is 0.830 bits per heavy atom. The van der Waals surface area contributed by atoms with Crippen molar-refractivity contribution in [2.24, 2.45) is 50.2 Å². The molecule has 2 saturated heterocycles. The van der Waals surface area contributed by atoms with Crippen LogP contribution in [0.15, 0.2) is 11.6 Å². The lowest BCUT2D eigenvalue weighted by atomic mass is 9.33. The van der Waals surface area contributed by atoms with Gasteiger partial charge in [-0.05, 0) is 111 Å². The highest BCUT2D eigenvalue weighted by molar-refractivity contribution is 5.76. The van der Waals surface area contributed by atoms with Crippen LogP contribution in [0.25, 0.3) is 0 Å². The van der Waals surface area contributed by atoms with E-state index in [1.807, 2.05) is 0 Å². The van der Waals surface area contributed by atoms with Crippen molar-refractivity contribution in [1.82, 2.24) is 0 Å². The normalized spacial score (nSPS) is 55.1. The number of aliphatic hydroxyl groups is 6. The van der Waals surface area contributed by atoms with E-state index in [0.717, 1.165) is 51.4 Å². The fourth-order valence-corrected chi connectivity index (χ4v) is 13.3. The molecule has 7 aliphatic rings. The zero-order valence-corrected chi connectivity index (χ0v) is 32.7. The van der Waals surface area contributed by atoms with Gasteiger partial charge in [0, 0.05) is 5.41 Å². The van der Waals surface area contributed by atoms with E-state index in [9.17, 15) is 40.5 Å². The molecule has 0 amide bonds. The van der Waals surface area contributed by atoms with Crippen LogP contribution >= 0.6 is 0 Å². The molecule has 7 N–H and O–H groups in total. The minimum absolute atomic E-state index is 0.0360. The number of ether oxygens (including phenoxy) is 4. The summed E-state index contributed by atoms with van der Waals surface area (Å²) in [5.74, 6) is -0.194. The number of hydrogen-bond donors (Lipinski definition) is 7. The Kier molecular flexibility index (Phi) is 10.2. The molecule has 0 aromatic carbocycles. The van der Waals surface area contributed by atoms with Crippen LogP contribution in [0, 0.1) is 50.2 Å². The monoisotopic (exact) mass is 750 g/mol. The lowest BCUT2D eigenvalue weighted by Gasteiger charge is -2.71. The molecule has 0 bridgehead atoms. The molecule has 2 heterocycles. The van der Waals surface area contributed by atoms with Gasteiger partial charge in [0.15, 0.2) is 12.6 Å². The van der Waals surface area contributed by atoms with Gasteiger partial charge in [0.25, 0.3) is 0 Å². The Morgan fingerprint density at radius 3 is 2.21 bits per heavy atom. The Hall–Kier alpha value is -1.19. The summed E-state index contributed by atoms with van der Waals surface area (Å²) in [5, 5.41) is 74.9. The molecule has 0 spiro atoms. The van der Waals surface area contributed by atoms with Crippen LogP contribution in [0.3, 0.4) is 0 Å². The molecule has 4 unspecified atom stereocenters. The Labute approximate surface area is 314 Å². The molecule has 7 rings (SSSR count). The lowest BCUT2D eigenvalue weighted by Crippen LogP contribution is -2.67. The van der Waals surface area contributed by atoms with E-state index in [1.54, 1.807) is 0 Å². The maximum atomic E-state index is 13.0. The molecule has 18 atom stereocenters. The number of allylic oxidation sites excluding steroid dienone is 2. The summed E-state index contributed by atoms with van der Waals surface area (Å²) in [4.78, 5) is 13.0. The quantitative estimate of drug-likeness (QED) is 0.155. The molecule has 12 heteroatoms. The highest BCUT2D eigenvalue weighted by Gasteiger charge is 2.70. The van der Waals surface area contributed by atoms with Gasteiger partial charge in [0.05, 0.1) is 30.8 Å². The minimum atomic E-state index is -1.62. The number of hydrogen-bond acceptors (Lipinski definition) is 11. The van der Waals surface area contributed by atoms with Crippen LogP contribution in [0.2, 0.25) is 0 Å². The summed E-state index contributed by atoms with van der Waals surface area (Å²) in [6.45, 7) is 15.1. The van der Waals surface area contributed by atoms with E-state index in [2.05, 4.69) is 47.6 Å². The van der Waals surface area contributed by atoms with Crippen LogP contribution in [0.4, 0.5) is 0 Å². The van der Waals surface area contributed by atoms with E-state index in [0.29, 0.717) is 18.8 Å². The fourth-order valence-electron chi connectivity index (χ4n) is 13.3. The second-order valence-electron chi connectivity index (χ2n) is 20.0. The van der Waals surface area contributed by atoms with Crippen LogP contribution < -0.4 is 0 Å². The number of fused-ring (bicyclic) bond motifs is 7. The van der Waals surface area contributed by atoms with Crippen LogP contribution in [-0.2, 0) is 23.7 Å². The molecule has 5 aliphatic carbocycles. The van der Waals surface area contributed by atoms with Crippen molar-refractivity contribution in [3.05, 3.63) is 11.6 Å². The van der Waals surface area contributed by atoms with E-state index in [1.165, 1.54) is 12.5 Å². The molecule has 4 saturated carbocycles. The largest absolute Gasteiger partial charge is 0.481 e. The Balaban J connectivity index is 1.15. The third-order valence-electron chi connectivity index (χ3n) is 17.0. The number of aliphatic carboxylic acids is 1. The number of aliphatic hydroxyl groups excluding tert-OH is 6. The number of carboxylic acid groups (broad SMARTS) is 1. The van der Waals surface area contributed by atoms with Gasteiger partial charge in [-0.25, -0.2) is 0 Å². The number of carboxylic acids is 1. The highest BCUT2D eigenvalue weighted by Crippen LogP contribution is 2.76. The average Bonchev–Trinajstić information content (AvgIpc) is 3.10. The molecule has 0 radical (unpaired) electrons. The van der Waals surface area contributed by atoms with E-state index in [-0.39, 0.29) is 46.7 Å². The topological polar surface area (TPSA) is 196 Å². The van der Waals surface area contributed by atoms with Gasteiger partial charge in [-0.2, -0.15) is 0 Å². The van der Waals surface area contributed by atoms with Gasteiger partial charge >= 0.3 is 5.97 Å². The number of carbonyl (C=O) groups is 1. The zero-order chi connectivity index (χ0) is 38.7. The summed E-state index contributed by atoms with van der Waals surface area (Å²) in [5.41, 5.74) is -0.239.